The summed E-state index contributed by atoms with van der Waals surface area (Å²) in [5, 5.41) is 0. The molecule has 0 saturated carbocycles. The Labute approximate surface area is 165 Å². The van der Waals surface area contributed by atoms with Crippen LogP contribution in [0.3, 0.4) is 0 Å². The first kappa shape index (κ1) is 18.1. The van der Waals surface area contributed by atoms with Crippen molar-refractivity contribution < 1.29 is 23.2 Å². The van der Waals surface area contributed by atoms with Crippen LogP contribution in [0.25, 0.3) is 0 Å². The highest BCUT2D eigenvalue weighted by molar-refractivity contribution is 6.24. The van der Waals surface area contributed by atoms with Gasteiger partial charge in [0, 0.05) is 11.6 Å². The van der Waals surface area contributed by atoms with Crippen LogP contribution >= 0.6 is 0 Å². The summed E-state index contributed by atoms with van der Waals surface area (Å²) in [7, 11) is 0. The van der Waals surface area contributed by atoms with E-state index < -0.39 is 35.4 Å². The Bertz CT molecular complexity index is 1010. The van der Waals surface area contributed by atoms with Gasteiger partial charge in [-0.1, -0.05) is 0 Å². The number of amides is 2. The zero-order chi connectivity index (χ0) is 20.3. The molecule has 5 nitrogen and oxygen atoms in total. The Morgan fingerprint density at radius 3 is 2.10 bits per heavy atom. The van der Waals surface area contributed by atoms with E-state index in [9.17, 15) is 23.2 Å². The number of benzene rings is 2. The maximum Gasteiger partial charge on any atom is 0.239 e. The molecule has 3 saturated heterocycles. The smallest absolute Gasteiger partial charge is 0.239 e. The minimum Gasteiger partial charge on any atom is -0.292 e. The summed E-state index contributed by atoms with van der Waals surface area (Å²) < 4.78 is 26.6. The molecule has 2 aromatic carbocycles. The van der Waals surface area contributed by atoms with Crippen molar-refractivity contribution >= 4 is 23.3 Å². The highest BCUT2D eigenvalue weighted by atomic mass is 19.1. The van der Waals surface area contributed by atoms with E-state index in [1.165, 1.54) is 48.5 Å². The number of anilines is 1. The molecule has 0 N–H and O–H groups in total. The van der Waals surface area contributed by atoms with Crippen molar-refractivity contribution in [3.8, 4) is 0 Å². The number of nitrogens with zero attached hydrogens (tertiary/aromatic N) is 2. The van der Waals surface area contributed by atoms with Gasteiger partial charge in [0.1, 0.15) is 11.6 Å². The lowest BCUT2D eigenvalue weighted by atomic mass is 9.85. The number of ketones is 1. The topological polar surface area (TPSA) is 57.7 Å². The standard InChI is InChI=1S/C22H18F2N2O3/c23-13-5-3-12(4-6-13)20(27)19-18-17(16-2-1-11-25(16)19)21(28)26(22(18)29)15-9-7-14(24)8-10-15/h3-10,16-19H,1-2,11H2/t16-,17-,18-,19-/m1/s1. The molecule has 3 aliphatic rings. The average molecular weight is 396 g/mol. The molecular weight excluding hydrogens is 378 g/mol. The van der Waals surface area contributed by atoms with Crippen molar-refractivity contribution in [2.75, 3.05) is 11.4 Å². The molecule has 4 atom stereocenters. The number of Topliss-reactive ketones (excluding diaryl/α,β-unsaturated/α-hetero) is 1. The molecule has 29 heavy (non-hydrogen) atoms. The van der Waals surface area contributed by atoms with E-state index in [0.717, 1.165) is 17.7 Å². The Morgan fingerprint density at radius 1 is 0.862 bits per heavy atom. The first-order valence-corrected chi connectivity index (χ1v) is 9.66. The fraction of sp³-hybridized carbons (Fsp3) is 0.318. The van der Waals surface area contributed by atoms with Gasteiger partial charge in [0.25, 0.3) is 0 Å². The van der Waals surface area contributed by atoms with Crippen LogP contribution in [0.5, 0.6) is 0 Å². The minimum absolute atomic E-state index is 0.170. The average Bonchev–Trinajstić information content (AvgIpc) is 3.35. The van der Waals surface area contributed by atoms with Crippen LogP contribution in [0.15, 0.2) is 48.5 Å². The molecule has 0 aliphatic carbocycles. The van der Waals surface area contributed by atoms with Crippen molar-refractivity contribution in [3.63, 3.8) is 0 Å². The fourth-order valence-corrected chi connectivity index (χ4v) is 5.14. The van der Waals surface area contributed by atoms with E-state index in [1.807, 2.05) is 4.90 Å². The third-order valence-electron chi connectivity index (χ3n) is 6.33. The highest BCUT2D eigenvalue weighted by Crippen LogP contribution is 2.48. The molecule has 3 heterocycles. The van der Waals surface area contributed by atoms with Gasteiger partial charge in [-0.05, 0) is 67.9 Å². The SMILES string of the molecule is O=C(c1ccc(F)cc1)[C@H]1[C@@H]2C(=O)N(c3ccc(F)cc3)C(=O)[C@@H]2[C@H]2CCCN21. The molecule has 2 amide bonds. The molecule has 0 radical (unpaired) electrons. The quantitative estimate of drug-likeness (QED) is 0.591. The molecule has 0 aromatic heterocycles. The molecule has 5 rings (SSSR count). The minimum atomic E-state index is -0.782. The van der Waals surface area contributed by atoms with E-state index in [4.69, 9.17) is 0 Å². The van der Waals surface area contributed by atoms with Crippen molar-refractivity contribution in [1.82, 2.24) is 4.90 Å². The van der Waals surface area contributed by atoms with E-state index >= 15 is 0 Å². The summed E-state index contributed by atoms with van der Waals surface area (Å²) in [6.45, 7) is 0.645. The highest BCUT2D eigenvalue weighted by Gasteiger charge is 2.64. The molecular formula is C22H18F2N2O3. The molecule has 0 unspecified atom stereocenters. The van der Waals surface area contributed by atoms with Gasteiger partial charge in [0.15, 0.2) is 5.78 Å². The first-order valence-electron chi connectivity index (χ1n) is 9.66. The summed E-state index contributed by atoms with van der Waals surface area (Å²) >= 11 is 0. The van der Waals surface area contributed by atoms with Gasteiger partial charge < -0.3 is 0 Å². The summed E-state index contributed by atoms with van der Waals surface area (Å²) in [4.78, 5) is 42.8. The van der Waals surface area contributed by atoms with Crippen molar-refractivity contribution in [1.29, 1.82) is 0 Å². The summed E-state index contributed by atoms with van der Waals surface area (Å²) in [5.74, 6) is -3.32. The third-order valence-corrected chi connectivity index (χ3v) is 6.33. The number of carbonyl (C=O) groups excluding carboxylic acids is 3. The molecule has 3 fully saturated rings. The van der Waals surface area contributed by atoms with Gasteiger partial charge >= 0.3 is 0 Å². The first-order chi connectivity index (χ1) is 14.0. The number of hydrogen-bond acceptors (Lipinski definition) is 4. The van der Waals surface area contributed by atoms with E-state index in [-0.39, 0.29) is 17.7 Å². The monoisotopic (exact) mass is 396 g/mol. The Balaban J connectivity index is 1.54. The second-order valence-electron chi connectivity index (χ2n) is 7.80. The Hall–Kier alpha value is -2.93. The van der Waals surface area contributed by atoms with Gasteiger partial charge in [-0.3, -0.25) is 19.3 Å². The number of imide groups is 1. The number of fused-ring (bicyclic) bond motifs is 3. The molecule has 7 heteroatoms. The normalized spacial score (nSPS) is 28.7. The van der Waals surface area contributed by atoms with Crippen LogP contribution in [-0.4, -0.2) is 41.1 Å². The maximum atomic E-state index is 13.3. The molecule has 0 spiro atoms. The van der Waals surface area contributed by atoms with Crippen LogP contribution in [0.1, 0.15) is 23.2 Å². The van der Waals surface area contributed by atoms with Crippen LogP contribution in [0.4, 0.5) is 14.5 Å². The lowest BCUT2D eigenvalue weighted by molar-refractivity contribution is -0.123. The van der Waals surface area contributed by atoms with Crippen LogP contribution in [-0.2, 0) is 9.59 Å². The lowest BCUT2D eigenvalue weighted by Crippen LogP contribution is -2.46. The third kappa shape index (κ3) is 2.64. The number of carbonyl (C=O) groups is 3. The summed E-state index contributed by atoms with van der Waals surface area (Å²) in [6, 6.07) is 9.53. The summed E-state index contributed by atoms with van der Waals surface area (Å²) in [6.07, 6.45) is 1.59. The lowest BCUT2D eigenvalue weighted by Gasteiger charge is -2.27. The number of halogens is 2. The van der Waals surface area contributed by atoms with Crippen molar-refractivity contribution in [3.05, 3.63) is 65.7 Å². The van der Waals surface area contributed by atoms with E-state index in [2.05, 4.69) is 0 Å². The van der Waals surface area contributed by atoms with Crippen molar-refractivity contribution in [2.24, 2.45) is 11.8 Å². The second-order valence-corrected chi connectivity index (χ2v) is 7.80. The maximum absolute atomic E-state index is 13.3. The largest absolute Gasteiger partial charge is 0.292 e. The van der Waals surface area contributed by atoms with E-state index in [0.29, 0.717) is 17.8 Å². The van der Waals surface area contributed by atoms with Gasteiger partial charge in [0.2, 0.25) is 11.8 Å². The molecule has 3 aliphatic heterocycles. The van der Waals surface area contributed by atoms with E-state index in [1.54, 1.807) is 0 Å². The molecule has 2 aromatic rings. The fourth-order valence-electron chi connectivity index (χ4n) is 5.14. The Kier molecular flexibility index (Phi) is 4.10. The Morgan fingerprint density at radius 2 is 1.45 bits per heavy atom. The zero-order valence-corrected chi connectivity index (χ0v) is 15.4. The van der Waals surface area contributed by atoms with Crippen LogP contribution in [0, 0.1) is 23.5 Å². The van der Waals surface area contributed by atoms with Gasteiger partial charge in [0.05, 0.1) is 23.6 Å². The molecule has 0 bridgehead atoms. The molecule has 148 valence electrons. The summed E-state index contributed by atoms with van der Waals surface area (Å²) in [5.41, 5.74) is 0.636. The van der Waals surface area contributed by atoms with Crippen molar-refractivity contribution in [2.45, 2.75) is 24.9 Å². The number of rotatable bonds is 3. The number of hydrogen-bond donors (Lipinski definition) is 0. The van der Waals surface area contributed by atoms with Gasteiger partial charge in [-0.15, -0.1) is 0 Å². The van der Waals surface area contributed by atoms with Crippen LogP contribution in [0.2, 0.25) is 0 Å². The second kappa shape index (κ2) is 6.56. The van der Waals surface area contributed by atoms with Gasteiger partial charge in [-0.2, -0.15) is 0 Å². The van der Waals surface area contributed by atoms with Gasteiger partial charge in [-0.25, -0.2) is 13.7 Å². The predicted molar refractivity (Wildman–Crippen MR) is 100 cm³/mol. The van der Waals surface area contributed by atoms with Crippen LogP contribution < -0.4 is 4.90 Å². The predicted octanol–water partition coefficient (Wildman–Crippen LogP) is 2.80. The zero-order valence-electron chi connectivity index (χ0n) is 15.4.